The molecular formula is C20H16N4O. The number of nitrogens with zero attached hydrogens (tertiary/aromatic N) is 3. The number of hydrogen-bond donors (Lipinski definition) is 1. The minimum absolute atomic E-state index is 0.166. The third-order valence-electron chi connectivity index (χ3n) is 4.04. The first kappa shape index (κ1) is 15.1. The molecule has 0 fully saturated rings. The molecular weight excluding hydrogens is 312 g/mol. The lowest BCUT2D eigenvalue weighted by Gasteiger charge is -2.03. The van der Waals surface area contributed by atoms with Gasteiger partial charge in [0.15, 0.2) is 11.5 Å². The van der Waals surface area contributed by atoms with Gasteiger partial charge in [-0.2, -0.15) is 0 Å². The molecule has 2 aromatic carbocycles. The Kier molecular flexibility index (Phi) is 3.96. The summed E-state index contributed by atoms with van der Waals surface area (Å²) in [6, 6.07) is 19.8. The van der Waals surface area contributed by atoms with Crippen LogP contribution in [-0.4, -0.2) is 20.5 Å². The third kappa shape index (κ3) is 3.12. The van der Waals surface area contributed by atoms with Crippen molar-refractivity contribution < 1.29 is 4.79 Å². The summed E-state index contributed by atoms with van der Waals surface area (Å²) in [4.78, 5) is 12.1. The topological polar surface area (TPSA) is 59.3 Å². The van der Waals surface area contributed by atoms with Crippen LogP contribution in [0.15, 0.2) is 72.9 Å². The van der Waals surface area contributed by atoms with Crippen LogP contribution in [0.2, 0.25) is 0 Å². The molecule has 4 aromatic rings. The molecule has 2 aromatic heterocycles. The summed E-state index contributed by atoms with van der Waals surface area (Å²) in [5, 5.41) is 13.3. The Labute approximate surface area is 144 Å². The minimum atomic E-state index is -0.166. The molecule has 0 saturated heterocycles. The van der Waals surface area contributed by atoms with Gasteiger partial charge in [-0.15, -0.1) is 10.2 Å². The van der Waals surface area contributed by atoms with Gasteiger partial charge in [-0.25, -0.2) is 0 Å². The fraction of sp³-hybridized carbons (Fsp3) is 0.0500. The number of rotatable bonds is 4. The van der Waals surface area contributed by atoms with E-state index < -0.39 is 0 Å². The standard InChI is InChI=1S/C20H16N4O/c25-20(21-14-19-23-22-18-10-3-4-13-24(18)19)12-11-16-8-5-7-15-6-1-2-9-17(15)16/h1-13H,14H2,(H,21,25)/b12-11+. The van der Waals surface area contributed by atoms with Crippen molar-refractivity contribution in [3.8, 4) is 0 Å². The summed E-state index contributed by atoms with van der Waals surface area (Å²) in [5.41, 5.74) is 1.78. The van der Waals surface area contributed by atoms with Gasteiger partial charge in [0.05, 0.1) is 6.54 Å². The Balaban J connectivity index is 1.47. The molecule has 5 heteroatoms. The molecule has 25 heavy (non-hydrogen) atoms. The lowest BCUT2D eigenvalue weighted by molar-refractivity contribution is -0.116. The van der Waals surface area contributed by atoms with Crippen LogP contribution >= 0.6 is 0 Å². The number of carbonyl (C=O) groups excluding carboxylic acids is 1. The van der Waals surface area contributed by atoms with Crippen molar-refractivity contribution in [3.63, 3.8) is 0 Å². The molecule has 0 spiro atoms. The zero-order chi connectivity index (χ0) is 17.1. The average molecular weight is 328 g/mol. The number of fused-ring (bicyclic) bond motifs is 2. The summed E-state index contributed by atoms with van der Waals surface area (Å²) >= 11 is 0. The smallest absolute Gasteiger partial charge is 0.244 e. The fourth-order valence-electron chi connectivity index (χ4n) is 2.80. The molecule has 0 aliphatic heterocycles. The maximum absolute atomic E-state index is 12.1. The van der Waals surface area contributed by atoms with Crippen LogP contribution in [0.4, 0.5) is 0 Å². The molecule has 0 aliphatic rings. The fourth-order valence-corrected chi connectivity index (χ4v) is 2.80. The first-order valence-corrected chi connectivity index (χ1v) is 8.03. The Morgan fingerprint density at radius 2 is 1.84 bits per heavy atom. The van der Waals surface area contributed by atoms with Gasteiger partial charge in [-0.1, -0.05) is 48.5 Å². The minimum Gasteiger partial charge on any atom is -0.345 e. The summed E-state index contributed by atoms with van der Waals surface area (Å²) in [7, 11) is 0. The predicted molar refractivity (Wildman–Crippen MR) is 97.8 cm³/mol. The van der Waals surface area contributed by atoms with Crippen LogP contribution in [-0.2, 0) is 11.3 Å². The van der Waals surface area contributed by atoms with Crippen molar-refractivity contribution in [1.29, 1.82) is 0 Å². The monoisotopic (exact) mass is 328 g/mol. The second-order valence-corrected chi connectivity index (χ2v) is 5.66. The van der Waals surface area contributed by atoms with Crippen molar-refractivity contribution >= 4 is 28.4 Å². The number of carbonyl (C=O) groups is 1. The van der Waals surface area contributed by atoms with E-state index in [-0.39, 0.29) is 5.91 Å². The van der Waals surface area contributed by atoms with Crippen molar-refractivity contribution in [2.75, 3.05) is 0 Å². The van der Waals surface area contributed by atoms with E-state index >= 15 is 0 Å². The lowest BCUT2D eigenvalue weighted by atomic mass is 10.0. The molecule has 4 rings (SSSR count). The summed E-state index contributed by atoms with van der Waals surface area (Å²) in [6.07, 6.45) is 5.26. The van der Waals surface area contributed by atoms with E-state index in [2.05, 4.69) is 33.7 Å². The van der Waals surface area contributed by atoms with E-state index in [1.165, 1.54) is 0 Å². The highest BCUT2D eigenvalue weighted by atomic mass is 16.1. The summed E-state index contributed by atoms with van der Waals surface area (Å²) < 4.78 is 1.86. The molecule has 0 atom stereocenters. The first-order valence-electron chi connectivity index (χ1n) is 8.03. The van der Waals surface area contributed by atoms with Crippen molar-refractivity contribution in [3.05, 3.63) is 84.3 Å². The SMILES string of the molecule is O=C(/C=C/c1cccc2ccccc12)NCc1nnc2ccccn12. The number of hydrogen-bond acceptors (Lipinski definition) is 3. The maximum Gasteiger partial charge on any atom is 0.244 e. The van der Waals surface area contributed by atoms with Gasteiger partial charge in [0, 0.05) is 12.3 Å². The Morgan fingerprint density at radius 3 is 2.80 bits per heavy atom. The van der Waals surface area contributed by atoms with E-state index in [1.54, 1.807) is 6.08 Å². The normalized spacial score (nSPS) is 11.4. The van der Waals surface area contributed by atoms with Crippen molar-refractivity contribution in [2.45, 2.75) is 6.54 Å². The lowest BCUT2D eigenvalue weighted by Crippen LogP contribution is -2.21. The molecule has 0 saturated carbocycles. The van der Waals surface area contributed by atoms with Gasteiger partial charge < -0.3 is 5.32 Å². The highest BCUT2D eigenvalue weighted by Crippen LogP contribution is 2.19. The van der Waals surface area contributed by atoms with E-state index in [4.69, 9.17) is 0 Å². The van der Waals surface area contributed by atoms with Gasteiger partial charge in [0.2, 0.25) is 5.91 Å². The van der Waals surface area contributed by atoms with Crippen LogP contribution in [0.25, 0.3) is 22.5 Å². The summed E-state index contributed by atoms with van der Waals surface area (Å²) in [5.74, 6) is 0.531. The highest BCUT2D eigenvalue weighted by molar-refractivity contribution is 5.96. The molecule has 0 radical (unpaired) electrons. The van der Waals surface area contributed by atoms with E-state index in [0.717, 1.165) is 22.0 Å². The number of nitrogens with one attached hydrogen (secondary N) is 1. The van der Waals surface area contributed by atoms with E-state index in [1.807, 2.05) is 59.1 Å². The molecule has 0 bridgehead atoms. The number of aromatic nitrogens is 3. The molecule has 0 unspecified atom stereocenters. The van der Waals surface area contributed by atoms with Gasteiger partial charge >= 0.3 is 0 Å². The molecule has 2 heterocycles. The molecule has 122 valence electrons. The van der Waals surface area contributed by atoms with Crippen LogP contribution in [0.3, 0.4) is 0 Å². The molecule has 5 nitrogen and oxygen atoms in total. The average Bonchev–Trinajstić information content (AvgIpc) is 3.08. The van der Waals surface area contributed by atoms with Crippen LogP contribution in [0, 0.1) is 0 Å². The zero-order valence-electron chi connectivity index (χ0n) is 13.5. The second kappa shape index (κ2) is 6.57. The molecule has 0 aliphatic carbocycles. The molecule has 1 amide bonds. The summed E-state index contributed by atoms with van der Waals surface area (Å²) in [6.45, 7) is 0.323. The maximum atomic E-state index is 12.1. The number of pyridine rings is 1. The number of benzene rings is 2. The van der Waals surface area contributed by atoms with Crippen molar-refractivity contribution in [1.82, 2.24) is 19.9 Å². The quantitative estimate of drug-likeness (QED) is 0.585. The first-order chi connectivity index (χ1) is 12.3. The van der Waals surface area contributed by atoms with Crippen LogP contribution < -0.4 is 5.32 Å². The number of amides is 1. The van der Waals surface area contributed by atoms with Gasteiger partial charge in [0.1, 0.15) is 0 Å². The Bertz CT molecular complexity index is 1080. The Hall–Kier alpha value is -3.47. The zero-order valence-corrected chi connectivity index (χ0v) is 13.5. The van der Waals surface area contributed by atoms with Crippen molar-refractivity contribution in [2.24, 2.45) is 0 Å². The highest BCUT2D eigenvalue weighted by Gasteiger charge is 2.05. The predicted octanol–water partition coefficient (Wildman–Crippen LogP) is 3.21. The largest absolute Gasteiger partial charge is 0.345 e. The van der Waals surface area contributed by atoms with Crippen LogP contribution in [0.1, 0.15) is 11.4 Å². The van der Waals surface area contributed by atoms with E-state index in [9.17, 15) is 4.79 Å². The second-order valence-electron chi connectivity index (χ2n) is 5.66. The van der Waals surface area contributed by atoms with Gasteiger partial charge in [0.25, 0.3) is 0 Å². The van der Waals surface area contributed by atoms with Gasteiger partial charge in [-0.05, 0) is 34.5 Å². The molecule has 1 N–H and O–H groups in total. The Morgan fingerprint density at radius 1 is 1.00 bits per heavy atom. The van der Waals surface area contributed by atoms with Gasteiger partial charge in [-0.3, -0.25) is 9.20 Å². The van der Waals surface area contributed by atoms with Crippen LogP contribution in [0.5, 0.6) is 0 Å². The third-order valence-corrected chi connectivity index (χ3v) is 4.04. The van der Waals surface area contributed by atoms with E-state index in [0.29, 0.717) is 12.4 Å².